The third-order valence-corrected chi connectivity index (χ3v) is 4.53. The molecule has 4 rings (SSSR count). The molecule has 22 heavy (non-hydrogen) atoms. The molecule has 0 unspecified atom stereocenters. The van der Waals surface area contributed by atoms with E-state index in [1.54, 1.807) is 11.0 Å². The molecular formula is C17H18FN3O. The van der Waals surface area contributed by atoms with Crippen LogP contribution >= 0.6 is 0 Å². The zero-order valence-corrected chi connectivity index (χ0v) is 12.3. The summed E-state index contributed by atoms with van der Waals surface area (Å²) in [4.78, 5) is 19.2. The van der Waals surface area contributed by atoms with Gasteiger partial charge in [0.05, 0.1) is 11.1 Å². The van der Waals surface area contributed by atoms with Crippen LogP contribution < -0.4 is 5.73 Å². The molecule has 1 aromatic carbocycles. The topological polar surface area (TPSA) is 59.2 Å². The van der Waals surface area contributed by atoms with Gasteiger partial charge in [-0.2, -0.15) is 0 Å². The summed E-state index contributed by atoms with van der Waals surface area (Å²) in [5.74, 6) is 0.0373. The Balaban J connectivity index is 1.83. The minimum Gasteiger partial charge on any atom is -0.337 e. The van der Waals surface area contributed by atoms with Crippen molar-refractivity contribution in [1.82, 2.24) is 9.88 Å². The van der Waals surface area contributed by atoms with E-state index in [1.165, 1.54) is 12.1 Å². The Morgan fingerprint density at radius 2 is 2.09 bits per heavy atom. The lowest BCUT2D eigenvalue weighted by atomic mass is 10.0. The second-order valence-corrected chi connectivity index (χ2v) is 6.33. The fraction of sp³-hybridized carbons (Fsp3) is 0.412. The first-order valence-electron chi connectivity index (χ1n) is 7.77. The fourth-order valence-corrected chi connectivity index (χ4v) is 3.13. The van der Waals surface area contributed by atoms with Gasteiger partial charge >= 0.3 is 0 Å². The minimum absolute atomic E-state index is 0.0386. The summed E-state index contributed by atoms with van der Waals surface area (Å²) < 4.78 is 13.6. The van der Waals surface area contributed by atoms with Gasteiger partial charge in [0, 0.05) is 36.1 Å². The summed E-state index contributed by atoms with van der Waals surface area (Å²) in [6.07, 6.45) is 3.04. The molecule has 1 aliphatic heterocycles. The van der Waals surface area contributed by atoms with Crippen molar-refractivity contribution in [2.45, 2.75) is 31.2 Å². The Morgan fingerprint density at radius 3 is 2.77 bits per heavy atom. The zero-order valence-electron chi connectivity index (χ0n) is 12.3. The number of amides is 1. The van der Waals surface area contributed by atoms with Crippen LogP contribution in [0.5, 0.6) is 0 Å². The van der Waals surface area contributed by atoms with E-state index in [0.717, 1.165) is 25.0 Å². The number of halogens is 1. The van der Waals surface area contributed by atoms with Crippen LogP contribution in [0.1, 0.15) is 41.2 Å². The molecule has 2 heterocycles. The molecule has 5 heteroatoms. The number of likely N-dealkylation sites (tertiary alicyclic amines) is 1. The minimum atomic E-state index is -0.347. The molecule has 0 spiro atoms. The van der Waals surface area contributed by atoms with Gasteiger partial charge in [-0.05, 0) is 43.5 Å². The van der Waals surface area contributed by atoms with E-state index in [0.29, 0.717) is 35.5 Å². The van der Waals surface area contributed by atoms with Gasteiger partial charge < -0.3 is 10.6 Å². The van der Waals surface area contributed by atoms with Gasteiger partial charge in [0.1, 0.15) is 5.82 Å². The molecule has 1 aromatic heterocycles. The molecule has 1 saturated heterocycles. The lowest BCUT2D eigenvalue weighted by molar-refractivity contribution is 0.0792. The van der Waals surface area contributed by atoms with Crippen LogP contribution in [-0.4, -0.2) is 34.9 Å². The van der Waals surface area contributed by atoms with E-state index in [1.807, 2.05) is 6.07 Å². The van der Waals surface area contributed by atoms with Crippen LogP contribution in [0.4, 0.5) is 4.39 Å². The lowest BCUT2D eigenvalue weighted by Crippen LogP contribution is -2.32. The van der Waals surface area contributed by atoms with Crippen molar-refractivity contribution in [2.75, 3.05) is 13.1 Å². The highest BCUT2D eigenvalue weighted by atomic mass is 19.1. The van der Waals surface area contributed by atoms with Crippen LogP contribution in [0, 0.1) is 5.82 Å². The normalized spacial score (nSPS) is 21.5. The largest absolute Gasteiger partial charge is 0.337 e. The molecule has 1 saturated carbocycles. The Bertz CT molecular complexity index is 757. The second-order valence-electron chi connectivity index (χ2n) is 6.33. The molecule has 114 valence electrons. The molecule has 1 atom stereocenters. The standard InChI is InChI=1S/C17H18FN3O/c18-11-3-4-15-13(7-11)14(8-16(20-15)10-1-2-10)17(22)21-6-5-12(19)9-21/h3-4,7-8,10,12H,1-2,5-6,9,19H2/t12-/m0/s1. The van der Waals surface area contributed by atoms with Crippen molar-refractivity contribution in [3.05, 3.63) is 41.3 Å². The fourth-order valence-electron chi connectivity index (χ4n) is 3.13. The van der Waals surface area contributed by atoms with Gasteiger partial charge in [-0.15, -0.1) is 0 Å². The predicted octanol–water partition coefficient (Wildman–Crippen LogP) is 2.42. The highest BCUT2D eigenvalue weighted by Gasteiger charge is 2.30. The van der Waals surface area contributed by atoms with Gasteiger partial charge in [-0.1, -0.05) is 0 Å². The average Bonchev–Trinajstić information content (AvgIpc) is 3.27. The summed E-state index contributed by atoms with van der Waals surface area (Å²) in [6, 6.07) is 6.35. The molecule has 0 bridgehead atoms. The van der Waals surface area contributed by atoms with Crippen LogP contribution in [0.25, 0.3) is 10.9 Å². The van der Waals surface area contributed by atoms with Crippen molar-refractivity contribution >= 4 is 16.8 Å². The molecule has 0 radical (unpaired) electrons. The predicted molar refractivity (Wildman–Crippen MR) is 82.2 cm³/mol. The quantitative estimate of drug-likeness (QED) is 0.926. The zero-order chi connectivity index (χ0) is 15.3. The van der Waals surface area contributed by atoms with Gasteiger partial charge in [0.15, 0.2) is 0 Å². The summed E-state index contributed by atoms with van der Waals surface area (Å²) in [5, 5.41) is 0.592. The monoisotopic (exact) mass is 299 g/mol. The van der Waals surface area contributed by atoms with Crippen LogP contribution in [0.2, 0.25) is 0 Å². The Labute approximate surface area is 128 Å². The van der Waals surface area contributed by atoms with Gasteiger partial charge in [-0.25, -0.2) is 4.39 Å². The van der Waals surface area contributed by atoms with E-state index in [9.17, 15) is 9.18 Å². The summed E-state index contributed by atoms with van der Waals surface area (Å²) >= 11 is 0. The van der Waals surface area contributed by atoms with Crippen LogP contribution in [0.15, 0.2) is 24.3 Å². The molecular weight excluding hydrogens is 281 g/mol. The van der Waals surface area contributed by atoms with Crippen molar-refractivity contribution < 1.29 is 9.18 Å². The van der Waals surface area contributed by atoms with Crippen molar-refractivity contribution in [1.29, 1.82) is 0 Å². The number of hydrogen-bond acceptors (Lipinski definition) is 3. The summed E-state index contributed by atoms with van der Waals surface area (Å²) in [7, 11) is 0. The third-order valence-electron chi connectivity index (χ3n) is 4.53. The van der Waals surface area contributed by atoms with Crippen molar-refractivity contribution in [3.8, 4) is 0 Å². The SMILES string of the molecule is N[C@H]1CCN(C(=O)c2cc(C3CC3)nc3ccc(F)cc23)C1. The summed E-state index contributed by atoms with van der Waals surface area (Å²) in [5.41, 5.74) is 8.10. The van der Waals surface area contributed by atoms with Gasteiger partial charge in [0.25, 0.3) is 5.91 Å². The Kier molecular flexibility index (Phi) is 3.11. The number of nitrogens with zero attached hydrogens (tertiary/aromatic N) is 2. The van der Waals surface area contributed by atoms with Gasteiger partial charge in [0.2, 0.25) is 0 Å². The number of carbonyl (C=O) groups excluding carboxylic acids is 1. The highest BCUT2D eigenvalue weighted by molar-refractivity contribution is 6.06. The summed E-state index contributed by atoms with van der Waals surface area (Å²) in [6.45, 7) is 1.23. The molecule has 2 aromatic rings. The first-order chi connectivity index (χ1) is 10.6. The number of rotatable bonds is 2. The average molecular weight is 299 g/mol. The third kappa shape index (κ3) is 2.35. The maximum absolute atomic E-state index is 13.6. The van der Waals surface area contributed by atoms with E-state index >= 15 is 0 Å². The first kappa shape index (κ1) is 13.6. The molecule has 2 fully saturated rings. The Morgan fingerprint density at radius 1 is 1.27 bits per heavy atom. The number of pyridine rings is 1. The number of fused-ring (bicyclic) bond motifs is 1. The molecule has 4 nitrogen and oxygen atoms in total. The number of aromatic nitrogens is 1. The highest BCUT2D eigenvalue weighted by Crippen LogP contribution is 2.40. The van der Waals surface area contributed by atoms with E-state index in [4.69, 9.17) is 5.73 Å². The van der Waals surface area contributed by atoms with E-state index < -0.39 is 0 Å². The van der Waals surface area contributed by atoms with Crippen LogP contribution in [0.3, 0.4) is 0 Å². The molecule has 1 amide bonds. The van der Waals surface area contributed by atoms with Crippen LogP contribution in [-0.2, 0) is 0 Å². The molecule has 1 aliphatic carbocycles. The van der Waals surface area contributed by atoms with E-state index in [-0.39, 0.29) is 17.8 Å². The second kappa shape index (κ2) is 5.02. The van der Waals surface area contributed by atoms with E-state index in [2.05, 4.69) is 4.98 Å². The van der Waals surface area contributed by atoms with Gasteiger partial charge in [-0.3, -0.25) is 9.78 Å². The molecule has 2 N–H and O–H groups in total. The lowest BCUT2D eigenvalue weighted by Gasteiger charge is -2.18. The smallest absolute Gasteiger partial charge is 0.254 e. The maximum atomic E-state index is 13.6. The number of benzene rings is 1. The Hall–Kier alpha value is -2.01. The number of nitrogens with two attached hydrogens (primary N) is 1. The number of carbonyl (C=O) groups is 1. The first-order valence-corrected chi connectivity index (χ1v) is 7.77. The maximum Gasteiger partial charge on any atom is 0.254 e. The molecule has 2 aliphatic rings. The van der Waals surface area contributed by atoms with Crippen molar-refractivity contribution in [3.63, 3.8) is 0 Å². The number of hydrogen-bond donors (Lipinski definition) is 1. The van der Waals surface area contributed by atoms with Crippen molar-refractivity contribution in [2.24, 2.45) is 5.73 Å².